The van der Waals surface area contributed by atoms with Crippen LogP contribution in [0.15, 0.2) is 12.1 Å². The second kappa shape index (κ2) is 7.82. The van der Waals surface area contributed by atoms with Crippen LogP contribution in [0.3, 0.4) is 0 Å². The number of rotatable bonds is 8. The molecular weight excluding hydrogens is 339 g/mol. The van der Waals surface area contributed by atoms with Crippen molar-refractivity contribution in [3.63, 3.8) is 0 Å². The van der Waals surface area contributed by atoms with Gasteiger partial charge < -0.3 is 20.1 Å². The number of aryl methyl sites for hydroxylation is 1. The lowest BCUT2D eigenvalue weighted by Gasteiger charge is -2.23. The Balaban J connectivity index is 2.48. The van der Waals surface area contributed by atoms with Gasteiger partial charge in [-0.3, -0.25) is 0 Å². The van der Waals surface area contributed by atoms with Gasteiger partial charge in [-0.2, -0.15) is 4.98 Å². The summed E-state index contributed by atoms with van der Waals surface area (Å²) in [7, 11) is 3.85. The molecule has 0 saturated carbocycles. The van der Waals surface area contributed by atoms with E-state index in [-0.39, 0.29) is 5.52 Å². The normalized spacial score (nSPS) is 11.8. The van der Waals surface area contributed by atoms with Gasteiger partial charge in [0.2, 0.25) is 5.88 Å². The number of hydrogen-bond acceptors (Lipinski definition) is 6. The van der Waals surface area contributed by atoms with Crippen LogP contribution in [-0.2, 0) is 11.2 Å². The number of aliphatic carboxylic acids is 1. The number of halogens is 1. The molecule has 7 nitrogen and oxygen atoms in total. The Bertz CT molecular complexity index is 809. The van der Waals surface area contributed by atoms with E-state index in [4.69, 9.17) is 4.74 Å². The number of fused-ring (bicyclic) bond motifs is 1. The number of hydrogen-bond donors (Lipinski definition) is 2. The van der Waals surface area contributed by atoms with Crippen LogP contribution in [0, 0.1) is 5.82 Å². The molecule has 142 valence electrons. The SMILES string of the molecule is CCc1nc(OCCN(C)C)c2cc(NC(C)(C)C(=O)O)cc(F)c2n1. The number of carboxylic acids is 1. The topological polar surface area (TPSA) is 87.6 Å². The van der Waals surface area contributed by atoms with E-state index < -0.39 is 17.3 Å². The molecule has 0 fully saturated rings. The van der Waals surface area contributed by atoms with E-state index in [1.165, 1.54) is 19.9 Å². The highest BCUT2D eigenvalue weighted by atomic mass is 19.1. The lowest BCUT2D eigenvalue weighted by Crippen LogP contribution is -2.39. The van der Waals surface area contributed by atoms with Gasteiger partial charge >= 0.3 is 5.97 Å². The standard InChI is InChI=1S/C18H25FN4O3/c1-6-14-20-15-12(16(21-14)26-8-7-23(4)5)9-11(10-13(15)19)22-18(2,3)17(24)25/h9-10,22H,6-8H2,1-5H3,(H,24,25). The molecule has 8 heteroatoms. The molecular formula is C18H25FN4O3. The second-order valence-corrected chi connectivity index (χ2v) is 6.86. The lowest BCUT2D eigenvalue weighted by molar-refractivity contribution is -0.141. The number of likely N-dealkylation sites (N-methyl/N-ethyl adjacent to an activating group) is 1. The van der Waals surface area contributed by atoms with Crippen LogP contribution in [0.25, 0.3) is 10.9 Å². The maximum Gasteiger partial charge on any atom is 0.328 e. The molecule has 0 atom stereocenters. The summed E-state index contributed by atoms with van der Waals surface area (Å²) in [6.45, 7) is 5.96. The zero-order valence-corrected chi connectivity index (χ0v) is 15.8. The van der Waals surface area contributed by atoms with Crippen molar-refractivity contribution in [3.05, 3.63) is 23.8 Å². The van der Waals surface area contributed by atoms with Crippen molar-refractivity contribution in [2.45, 2.75) is 32.7 Å². The Kier molecular flexibility index (Phi) is 5.97. The van der Waals surface area contributed by atoms with E-state index in [0.29, 0.717) is 42.4 Å². The van der Waals surface area contributed by atoms with Gasteiger partial charge in [0.15, 0.2) is 5.82 Å². The molecule has 2 N–H and O–H groups in total. The van der Waals surface area contributed by atoms with Gasteiger partial charge in [-0.05, 0) is 40.1 Å². The molecule has 1 aromatic carbocycles. The molecule has 1 heterocycles. The number of benzene rings is 1. The molecule has 0 aliphatic rings. The predicted molar refractivity (Wildman–Crippen MR) is 98.3 cm³/mol. The summed E-state index contributed by atoms with van der Waals surface area (Å²) in [5, 5.41) is 12.5. The number of aromatic nitrogens is 2. The first kappa shape index (κ1) is 19.8. The molecule has 0 bridgehead atoms. The highest BCUT2D eigenvalue weighted by Gasteiger charge is 2.27. The summed E-state index contributed by atoms with van der Waals surface area (Å²) in [6, 6.07) is 2.86. The van der Waals surface area contributed by atoms with Crippen molar-refractivity contribution in [1.82, 2.24) is 14.9 Å². The van der Waals surface area contributed by atoms with Crippen molar-refractivity contribution in [3.8, 4) is 5.88 Å². The quantitative estimate of drug-likeness (QED) is 0.744. The summed E-state index contributed by atoms with van der Waals surface area (Å²) >= 11 is 0. The highest BCUT2D eigenvalue weighted by molar-refractivity contribution is 5.89. The van der Waals surface area contributed by atoms with Gasteiger partial charge in [0.25, 0.3) is 0 Å². The maximum atomic E-state index is 14.6. The van der Waals surface area contributed by atoms with Crippen molar-refractivity contribution in [1.29, 1.82) is 0 Å². The van der Waals surface area contributed by atoms with Gasteiger partial charge in [-0.15, -0.1) is 0 Å². The molecule has 2 aromatic rings. The molecule has 0 unspecified atom stereocenters. The highest BCUT2D eigenvalue weighted by Crippen LogP contribution is 2.29. The second-order valence-electron chi connectivity index (χ2n) is 6.86. The Morgan fingerprint density at radius 1 is 1.35 bits per heavy atom. The largest absolute Gasteiger partial charge is 0.480 e. The molecule has 0 aliphatic heterocycles. The fourth-order valence-corrected chi connectivity index (χ4v) is 2.29. The van der Waals surface area contributed by atoms with Crippen molar-refractivity contribution in [2.75, 3.05) is 32.6 Å². The zero-order valence-electron chi connectivity index (χ0n) is 15.8. The van der Waals surface area contributed by atoms with E-state index in [1.807, 2.05) is 25.9 Å². The fourth-order valence-electron chi connectivity index (χ4n) is 2.29. The number of nitrogens with one attached hydrogen (secondary N) is 1. The van der Waals surface area contributed by atoms with Gasteiger partial charge in [-0.25, -0.2) is 14.2 Å². The molecule has 0 saturated heterocycles. The third-order valence-electron chi connectivity index (χ3n) is 3.85. The summed E-state index contributed by atoms with van der Waals surface area (Å²) in [6.07, 6.45) is 0.547. The smallest absolute Gasteiger partial charge is 0.328 e. The molecule has 26 heavy (non-hydrogen) atoms. The fraction of sp³-hybridized carbons (Fsp3) is 0.500. The Hall–Kier alpha value is -2.48. The van der Waals surface area contributed by atoms with Crippen LogP contribution in [0.2, 0.25) is 0 Å². The third-order valence-corrected chi connectivity index (χ3v) is 3.85. The zero-order chi connectivity index (χ0) is 19.5. The Morgan fingerprint density at radius 3 is 2.62 bits per heavy atom. The van der Waals surface area contributed by atoms with E-state index in [9.17, 15) is 14.3 Å². The predicted octanol–water partition coefficient (Wildman–Crippen LogP) is 2.55. The van der Waals surface area contributed by atoms with Crippen LogP contribution in [0.5, 0.6) is 5.88 Å². The molecule has 0 amide bonds. The molecule has 0 spiro atoms. The minimum Gasteiger partial charge on any atom is -0.480 e. The van der Waals surface area contributed by atoms with Crippen molar-refractivity contribution >= 4 is 22.6 Å². The Labute approximate surface area is 152 Å². The maximum absolute atomic E-state index is 14.6. The molecule has 2 rings (SSSR count). The van der Waals surface area contributed by atoms with E-state index in [2.05, 4.69) is 15.3 Å². The number of nitrogens with zero attached hydrogens (tertiary/aromatic N) is 3. The molecule has 1 aromatic heterocycles. The minimum absolute atomic E-state index is 0.162. The third kappa shape index (κ3) is 4.57. The van der Waals surface area contributed by atoms with Crippen molar-refractivity contribution < 1.29 is 19.0 Å². The van der Waals surface area contributed by atoms with Crippen LogP contribution >= 0.6 is 0 Å². The van der Waals surface area contributed by atoms with E-state index in [1.54, 1.807) is 6.07 Å². The number of carboxylic acid groups (broad SMARTS) is 1. The Morgan fingerprint density at radius 2 is 2.04 bits per heavy atom. The minimum atomic E-state index is -1.25. The van der Waals surface area contributed by atoms with Gasteiger partial charge in [0.1, 0.15) is 23.5 Å². The number of anilines is 1. The first-order chi connectivity index (χ1) is 12.1. The average molecular weight is 364 g/mol. The number of carbonyl (C=O) groups is 1. The van der Waals surface area contributed by atoms with Crippen LogP contribution < -0.4 is 10.1 Å². The average Bonchev–Trinajstić information content (AvgIpc) is 2.54. The molecule has 0 radical (unpaired) electrons. The van der Waals surface area contributed by atoms with Crippen LogP contribution in [0.1, 0.15) is 26.6 Å². The lowest BCUT2D eigenvalue weighted by atomic mass is 10.1. The summed E-state index contributed by atoms with van der Waals surface area (Å²) in [5.41, 5.74) is -0.765. The van der Waals surface area contributed by atoms with Gasteiger partial charge in [0, 0.05) is 18.7 Å². The molecule has 0 aliphatic carbocycles. The van der Waals surface area contributed by atoms with E-state index >= 15 is 0 Å². The summed E-state index contributed by atoms with van der Waals surface area (Å²) < 4.78 is 20.4. The van der Waals surface area contributed by atoms with E-state index in [0.717, 1.165) is 0 Å². The summed E-state index contributed by atoms with van der Waals surface area (Å²) in [5.74, 6) is -0.814. The van der Waals surface area contributed by atoms with Gasteiger partial charge in [-0.1, -0.05) is 6.92 Å². The first-order valence-electron chi connectivity index (χ1n) is 8.43. The first-order valence-corrected chi connectivity index (χ1v) is 8.43. The monoisotopic (exact) mass is 364 g/mol. The van der Waals surface area contributed by atoms with Crippen LogP contribution in [-0.4, -0.2) is 58.7 Å². The van der Waals surface area contributed by atoms with Gasteiger partial charge in [0.05, 0.1) is 5.39 Å². The van der Waals surface area contributed by atoms with Crippen LogP contribution in [0.4, 0.5) is 10.1 Å². The summed E-state index contributed by atoms with van der Waals surface area (Å²) in [4.78, 5) is 21.9. The number of ether oxygens (including phenoxy) is 1. The van der Waals surface area contributed by atoms with Crippen molar-refractivity contribution in [2.24, 2.45) is 0 Å².